The first-order valence-corrected chi connectivity index (χ1v) is 9.03. The van der Waals surface area contributed by atoms with Crippen LogP contribution < -0.4 is 10.6 Å². The molecule has 1 atom stereocenters. The zero-order valence-corrected chi connectivity index (χ0v) is 16.4. The number of benzene rings is 2. The molecule has 0 aliphatic heterocycles. The number of nitrogens with zero attached hydrogens (tertiary/aromatic N) is 1. The van der Waals surface area contributed by atoms with Gasteiger partial charge < -0.3 is 20.8 Å². The summed E-state index contributed by atoms with van der Waals surface area (Å²) in [4.78, 5) is 36.0. The monoisotopic (exact) mass is 430 g/mol. The van der Waals surface area contributed by atoms with Crippen LogP contribution in [-0.2, 0) is 11.3 Å². The summed E-state index contributed by atoms with van der Waals surface area (Å²) in [5, 5.41) is 26.7. The van der Waals surface area contributed by atoms with Gasteiger partial charge in [-0.15, -0.1) is 5.11 Å². The van der Waals surface area contributed by atoms with Crippen molar-refractivity contribution in [2.75, 3.05) is 0 Å². The lowest BCUT2D eigenvalue weighted by Gasteiger charge is -2.16. The van der Waals surface area contributed by atoms with Gasteiger partial charge in [-0.05, 0) is 35.9 Å². The van der Waals surface area contributed by atoms with E-state index in [1.165, 1.54) is 30.3 Å². The molecule has 0 aliphatic rings. The quantitative estimate of drug-likeness (QED) is 0.322. The molecule has 0 aromatic heterocycles. The van der Waals surface area contributed by atoms with Crippen molar-refractivity contribution < 1.29 is 24.6 Å². The molecule has 0 saturated heterocycles. The van der Waals surface area contributed by atoms with E-state index in [-0.39, 0.29) is 28.4 Å². The molecule has 0 spiro atoms. The highest BCUT2D eigenvalue weighted by Gasteiger charge is 2.21. The normalized spacial score (nSPS) is 11.2. The molecule has 2 aromatic rings. The molecule has 3 amide bonds. The van der Waals surface area contributed by atoms with Crippen molar-refractivity contribution >= 4 is 29.3 Å². The highest BCUT2D eigenvalue weighted by Crippen LogP contribution is 2.19. The van der Waals surface area contributed by atoms with Crippen molar-refractivity contribution in [1.29, 1.82) is 5.53 Å². The zero-order valence-electron chi connectivity index (χ0n) is 15.7. The highest BCUT2D eigenvalue weighted by molar-refractivity contribution is 6.34. The van der Waals surface area contributed by atoms with Crippen molar-refractivity contribution in [2.45, 2.75) is 19.0 Å². The number of halogens is 1. The van der Waals surface area contributed by atoms with Crippen molar-refractivity contribution in [3.8, 4) is 5.75 Å². The molecular formula is C20H19ClN4O5. The smallest absolute Gasteiger partial charge is 0.266 e. The van der Waals surface area contributed by atoms with Crippen molar-refractivity contribution in [2.24, 2.45) is 5.11 Å². The Hall–Kier alpha value is -3.72. The van der Waals surface area contributed by atoms with Crippen molar-refractivity contribution in [3.05, 3.63) is 76.5 Å². The third-order valence-electron chi connectivity index (χ3n) is 4.05. The summed E-state index contributed by atoms with van der Waals surface area (Å²) in [5.74, 6) is -2.37. The maximum absolute atomic E-state index is 12.4. The van der Waals surface area contributed by atoms with E-state index in [1.807, 2.05) is 0 Å². The molecule has 2 rings (SSSR count). The van der Waals surface area contributed by atoms with Crippen LogP contribution in [0, 0.1) is 5.53 Å². The van der Waals surface area contributed by atoms with Crippen LogP contribution in [0.25, 0.3) is 0 Å². The maximum atomic E-state index is 12.4. The fourth-order valence-corrected chi connectivity index (χ4v) is 2.77. The minimum Gasteiger partial charge on any atom is -0.511 e. The molecule has 0 saturated carbocycles. The first kappa shape index (κ1) is 22.6. The molecule has 2 aromatic carbocycles. The Morgan fingerprint density at radius 2 is 1.90 bits per heavy atom. The van der Waals surface area contributed by atoms with Gasteiger partial charge in [0.25, 0.3) is 17.7 Å². The standard InChI is InChI=1S/C20H19ClN4O5/c1-11(26)17(9-18(28)25-22)24-20(30)15-6-5-13(8-16(15)21)19(29)23-10-12-3-2-4-14(27)7-12/h2-8,17,22,26-27H,1,9-10H2,(H,23,29)(H,24,30)/t17-/m0/s1. The highest BCUT2D eigenvalue weighted by atomic mass is 35.5. The minimum absolute atomic E-state index is 0.0164. The SMILES string of the molecule is C=C(O)[C@H](CC(=O)N=N)NC(=O)c1ccc(C(=O)NCc2cccc(O)c2)cc1Cl. The number of aromatic hydroxyl groups is 1. The lowest BCUT2D eigenvalue weighted by atomic mass is 10.1. The average Bonchev–Trinajstić information content (AvgIpc) is 2.71. The van der Waals surface area contributed by atoms with Gasteiger partial charge in [-0.3, -0.25) is 14.4 Å². The molecule has 0 radical (unpaired) electrons. The second-order valence-corrected chi connectivity index (χ2v) is 6.68. The predicted octanol–water partition coefficient (Wildman–Crippen LogP) is 3.09. The summed E-state index contributed by atoms with van der Waals surface area (Å²) in [5.41, 5.74) is 7.60. The van der Waals surface area contributed by atoms with E-state index in [4.69, 9.17) is 17.1 Å². The van der Waals surface area contributed by atoms with Crippen LogP contribution in [-0.4, -0.2) is 34.0 Å². The van der Waals surface area contributed by atoms with Gasteiger partial charge in [-0.25, -0.2) is 5.53 Å². The molecule has 0 fully saturated rings. The third-order valence-corrected chi connectivity index (χ3v) is 4.36. The van der Waals surface area contributed by atoms with Gasteiger partial charge in [0.05, 0.1) is 23.0 Å². The van der Waals surface area contributed by atoms with Crippen LogP contribution in [0.5, 0.6) is 5.75 Å². The number of carbonyl (C=O) groups is 3. The molecule has 0 aliphatic carbocycles. The Morgan fingerprint density at radius 3 is 2.50 bits per heavy atom. The summed E-state index contributed by atoms with van der Waals surface area (Å²) in [6.07, 6.45) is -0.433. The molecule has 30 heavy (non-hydrogen) atoms. The average molecular weight is 431 g/mol. The van der Waals surface area contributed by atoms with Gasteiger partial charge in [0, 0.05) is 12.1 Å². The van der Waals surface area contributed by atoms with Crippen LogP contribution in [0.1, 0.15) is 32.7 Å². The molecule has 156 valence electrons. The Morgan fingerprint density at radius 1 is 1.17 bits per heavy atom. The van der Waals surface area contributed by atoms with Crippen molar-refractivity contribution in [1.82, 2.24) is 10.6 Å². The second-order valence-electron chi connectivity index (χ2n) is 6.27. The summed E-state index contributed by atoms with van der Waals surface area (Å²) >= 11 is 6.13. The number of phenolic OH excluding ortho intramolecular Hbond substituents is 1. The summed E-state index contributed by atoms with van der Waals surface area (Å²) in [6.45, 7) is 3.47. The summed E-state index contributed by atoms with van der Waals surface area (Å²) in [6, 6.07) is 9.32. The number of carbonyl (C=O) groups excluding carboxylic acids is 3. The maximum Gasteiger partial charge on any atom is 0.266 e. The minimum atomic E-state index is -1.14. The number of aliphatic hydroxyl groups excluding tert-OH is 1. The number of amides is 3. The van der Waals surface area contributed by atoms with E-state index in [9.17, 15) is 24.6 Å². The molecule has 9 nitrogen and oxygen atoms in total. The zero-order chi connectivity index (χ0) is 22.3. The molecular weight excluding hydrogens is 412 g/mol. The Kier molecular flexibility index (Phi) is 7.65. The number of hydrogen-bond acceptors (Lipinski definition) is 6. The fraction of sp³-hybridized carbons (Fsp3) is 0.150. The van der Waals surface area contributed by atoms with E-state index >= 15 is 0 Å². The van der Waals surface area contributed by atoms with E-state index in [0.717, 1.165) is 0 Å². The van der Waals surface area contributed by atoms with Gasteiger partial charge in [0.1, 0.15) is 11.5 Å². The van der Waals surface area contributed by atoms with Gasteiger partial charge in [-0.1, -0.05) is 30.3 Å². The molecule has 0 bridgehead atoms. The van der Waals surface area contributed by atoms with Crippen LogP contribution in [0.2, 0.25) is 5.02 Å². The predicted molar refractivity (Wildman–Crippen MR) is 109 cm³/mol. The van der Waals surface area contributed by atoms with E-state index in [1.54, 1.807) is 12.1 Å². The van der Waals surface area contributed by atoms with Crippen molar-refractivity contribution in [3.63, 3.8) is 0 Å². The van der Waals surface area contributed by atoms with Gasteiger partial charge in [0.2, 0.25) is 0 Å². The number of phenols is 1. The Bertz CT molecular complexity index is 1010. The summed E-state index contributed by atoms with van der Waals surface area (Å²) < 4.78 is 0. The van der Waals surface area contributed by atoms with Gasteiger partial charge in [0.15, 0.2) is 0 Å². The van der Waals surface area contributed by atoms with E-state index in [0.29, 0.717) is 5.56 Å². The third kappa shape index (κ3) is 6.14. The lowest BCUT2D eigenvalue weighted by Crippen LogP contribution is -2.37. The number of hydrogen-bond donors (Lipinski definition) is 5. The molecule has 10 heteroatoms. The van der Waals surface area contributed by atoms with Crippen LogP contribution in [0.3, 0.4) is 0 Å². The first-order chi connectivity index (χ1) is 14.2. The lowest BCUT2D eigenvalue weighted by molar-refractivity contribution is -0.118. The summed E-state index contributed by atoms with van der Waals surface area (Å²) in [7, 11) is 0. The van der Waals surface area contributed by atoms with Crippen LogP contribution >= 0.6 is 11.6 Å². The van der Waals surface area contributed by atoms with E-state index in [2.05, 4.69) is 22.3 Å². The molecule has 0 heterocycles. The molecule has 5 N–H and O–H groups in total. The number of aliphatic hydroxyl groups is 1. The Balaban J connectivity index is 2.06. The molecule has 0 unspecified atom stereocenters. The van der Waals surface area contributed by atoms with Crippen LogP contribution in [0.4, 0.5) is 0 Å². The van der Waals surface area contributed by atoms with Crippen LogP contribution in [0.15, 0.2) is 59.9 Å². The second kappa shape index (κ2) is 10.2. The van der Waals surface area contributed by atoms with E-state index < -0.39 is 35.9 Å². The largest absolute Gasteiger partial charge is 0.511 e. The Labute approximate surface area is 176 Å². The van der Waals surface area contributed by atoms with Gasteiger partial charge >= 0.3 is 0 Å². The fourth-order valence-electron chi connectivity index (χ4n) is 2.50. The first-order valence-electron chi connectivity index (χ1n) is 8.65. The topological polar surface area (TPSA) is 152 Å². The number of nitrogens with one attached hydrogen (secondary N) is 3. The van der Waals surface area contributed by atoms with Gasteiger partial charge in [-0.2, -0.15) is 0 Å². The number of rotatable bonds is 8.